The van der Waals surface area contributed by atoms with E-state index in [2.05, 4.69) is 5.32 Å². The Morgan fingerprint density at radius 3 is 2.86 bits per heavy atom. The Morgan fingerprint density at radius 2 is 2.23 bits per heavy atom. The second-order valence-electron chi connectivity index (χ2n) is 5.64. The number of hydrogen-bond acceptors (Lipinski definition) is 6. The molecular weight excluding hydrogens is 288 g/mol. The molecule has 1 aliphatic carbocycles. The molecule has 1 aliphatic heterocycles. The summed E-state index contributed by atoms with van der Waals surface area (Å²) >= 11 is 0. The first-order valence-corrected chi connectivity index (χ1v) is 7.47. The molecule has 1 saturated carbocycles. The van der Waals surface area contributed by atoms with Crippen LogP contribution in [-0.2, 0) is 9.47 Å². The molecule has 118 valence electrons. The average Bonchev–Trinajstić information content (AvgIpc) is 3.16. The van der Waals surface area contributed by atoms with Crippen molar-refractivity contribution in [3.05, 3.63) is 33.9 Å². The zero-order valence-electron chi connectivity index (χ0n) is 12.1. The van der Waals surface area contributed by atoms with E-state index in [9.17, 15) is 14.9 Å². The van der Waals surface area contributed by atoms with Gasteiger partial charge >= 0.3 is 5.97 Å². The number of esters is 1. The third kappa shape index (κ3) is 3.54. The SMILES string of the molecule is O=C(OC[C@@H]1CCCO1)c1ccc(NC2CC2)c([N+](=O)[O-])c1. The predicted molar refractivity (Wildman–Crippen MR) is 79.0 cm³/mol. The van der Waals surface area contributed by atoms with Crippen LogP contribution < -0.4 is 5.32 Å². The molecule has 7 heteroatoms. The highest BCUT2D eigenvalue weighted by Gasteiger charge is 2.26. The first kappa shape index (κ1) is 14.8. The van der Waals surface area contributed by atoms with Gasteiger partial charge in [0.05, 0.1) is 16.6 Å². The lowest BCUT2D eigenvalue weighted by molar-refractivity contribution is -0.384. The standard InChI is InChI=1S/C15H18N2O5/c18-15(22-9-12-2-1-7-21-12)10-3-6-13(16-11-4-5-11)14(8-10)17(19)20/h3,6,8,11-12,16H,1-2,4-5,7,9H2/t12-/m0/s1. The van der Waals surface area contributed by atoms with Gasteiger partial charge in [0.2, 0.25) is 0 Å². The minimum Gasteiger partial charge on any atom is -0.459 e. The number of carbonyl (C=O) groups excluding carboxylic acids is 1. The molecule has 1 saturated heterocycles. The van der Waals surface area contributed by atoms with Crippen molar-refractivity contribution in [2.75, 3.05) is 18.5 Å². The lowest BCUT2D eigenvalue weighted by Crippen LogP contribution is -2.18. The van der Waals surface area contributed by atoms with E-state index in [4.69, 9.17) is 9.47 Å². The lowest BCUT2D eigenvalue weighted by atomic mass is 10.1. The van der Waals surface area contributed by atoms with Gasteiger partial charge in [-0.2, -0.15) is 0 Å². The maximum absolute atomic E-state index is 12.0. The van der Waals surface area contributed by atoms with Gasteiger partial charge in [0.15, 0.2) is 0 Å². The highest BCUT2D eigenvalue weighted by atomic mass is 16.6. The van der Waals surface area contributed by atoms with E-state index in [-0.39, 0.29) is 24.0 Å². The topological polar surface area (TPSA) is 90.7 Å². The molecule has 0 bridgehead atoms. The number of nitrogens with zero attached hydrogens (tertiary/aromatic N) is 1. The van der Waals surface area contributed by atoms with E-state index in [1.165, 1.54) is 6.07 Å². The molecule has 0 unspecified atom stereocenters. The third-order valence-electron chi connectivity index (χ3n) is 3.79. The van der Waals surface area contributed by atoms with Crippen LogP contribution in [0.2, 0.25) is 0 Å². The number of nitrogens with one attached hydrogen (secondary N) is 1. The van der Waals surface area contributed by atoms with Crippen LogP contribution in [-0.4, -0.2) is 36.3 Å². The second kappa shape index (κ2) is 6.31. The summed E-state index contributed by atoms with van der Waals surface area (Å²) in [7, 11) is 0. The number of hydrogen-bond donors (Lipinski definition) is 1. The van der Waals surface area contributed by atoms with Gasteiger partial charge in [0.25, 0.3) is 5.69 Å². The summed E-state index contributed by atoms with van der Waals surface area (Å²) in [6.45, 7) is 0.879. The molecule has 0 amide bonds. The van der Waals surface area contributed by atoms with Crippen LogP contribution in [0.25, 0.3) is 0 Å². The molecule has 0 radical (unpaired) electrons. The van der Waals surface area contributed by atoms with Crippen molar-refractivity contribution in [3.8, 4) is 0 Å². The first-order valence-electron chi connectivity index (χ1n) is 7.47. The molecule has 1 aromatic carbocycles. The molecule has 3 rings (SSSR count). The number of anilines is 1. The van der Waals surface area contributed by atoms with Crippen molar-refractivity contribution in [2.45, 2.75) is 37.8 Å². The molecule has 22 heavy (non-hydrogen) atoms. The number of ether oxygens (including phenoxy) is 2. The van der Waals surface area contributed by atoms with Crippen molar-refractivity contribution < 1.29 is 19.2 Å². The summed E-state index contributed by atoms with van der Waals surface area (Å²) < 4.78 is 10.5. The monoisotopic (exact) mass is 306 g/mol. The number of nitro groups is 1. The molecule has 1 atom stereocenters. The highest BCUT2D eigenvalue weighted by molar-refractivity contribution is 5.91. The van der Waals surface area contributed by atoms with Crippen LogP contribution in [0.5, 0.6) is 0 Å². The van der Waals surface area contributed by atoms with Crippen molar-refractivity contribution in [1.82, 2.24) is 0 Å². The Hall–Kier alpha value is -2.15. The van der Waals surface area contributed by atoms with E-state index in [1.807, 2.05) is 0 Å². The van der Waals surface area contributed by atoms with Crippen molar-refractivity contribution in [2.24, 2.45) is 0 Å². The van der Waals surface area contributed by atoms with Crippen LogP contribution in [0.3, 0.4) is 0 Å². The number of benzene rings is 1. The number of nitro benzene ring substituents is 1. The number of carbonyl (C=O) groups is 1. The van der Waals surface area contributed by atoms with Crippen LogP contribution in [0, 0.1) is 10.1 Å². The Balaban J connectivity index is 1.67. The second-order valence-corrected chi connectivity index (χ2v) is 5.64. The maximum atomic E-state index is 12.0. The van der Waals surface area contributed by atoms with Gasteiger partial charge in [-0.05, 0) is 37.8 Å². The van der Waals surface area contributed by atoms with Gasteiger partial charge in [-0.15, -0.1) is 0 Å². The molecule has 1 heterocycles. The van der Waals surface area contributed by atoms with E-state index >= 15 is 0 Å². The molecule has 0 spiro atoms. The molecule has 1 aromatic rings. The van der Waals surface area contributed by atoms with Gasteiger partial charge in [-0.25, -0.2) is 4.79 Å². The van der Waals surface area contributed by atoms with Gasteiger partial charge < -0.3 is 14.8 Å². The fourth-order valence-corrected chi connectivity index (χ4v) is 2.41. The van der Waals surface area contributed by atoms with Gasteiger partial charge in [-0.1, -0.05) is 0 Å². The minimum atomic E-state index is -0.559. The van der Waals surface area contributed by atoms with Gasteiger partial charge in [0.1, 0.15) is 12.3 Å². The van der Waals surface area contributed by atoms with E-state index in [1.54, 1.807) is 12.1 Å². The maximum Gasteiger partial charge on any atom is 0.338 e. The Bertz CT molecular complexity index is 579. The third-order valence-corrected chi connectivity index (χ3v) is 3.79. The quantitative estimate of drug-likeness (QED) is 0.493. The Kier molecular flexibility index (Phi) is 4.24. The van der Waals surface area contributed by atoms with Gasteiger partial charge in [-0.3, -0.25) is 10.1 Å². The first-order chi connectivity index (χ1) is 10.6. The summed E-state index contributed by atoms with van der Waals surface area (Å²) in [5.74, 6) is -0.559. The van der Waals surface area contributed by atoms with Crippen molar-refractivity contribution >= 4 is 17.3 Å². The molecule has 7 nitrogen and oxygen atoms in total. The summed E-state index contributed by atoms with van der Waals surface area (Å²) in [4.78, 5) is 22.7. The lowest BCUT2D eigenvalue weighted by Gasteiger charge is -2.11. The zero-order chi connectivity index (χ0) is 15.5. The Labute approximate surface area is 127 Å². The summed E-state index contributed by atoms with van der Waals surface area (Å²) in [5.41, 5.74) is 0.535. The minimum absolute atomic E-state index is 0.0604. The fourth-order valence-electron chi connectivity index (χ4n) is 2.41. The predicted octanol–water partition coefficient (Wildman–Crippen LogP) is 2.50. The van der Waals surface area contributed by atoms with Crippen LogP contribution in [0.4, 0.5) is 11.4 Å². The molecule has 2 aliphatic rings. The molecule has 1 N–H and O–H groups in total. The highest BCUT2D eigenvalue weighted by Crippen LogP contribution is 2.31. The normalized spacial score (nSPS) is 20.6. The molecule has 0 aromatic heterocycles. The van der Waals surface area contributed by atoms with Crippen LogP contribution in [0.15, 0.2) is 18.2 Å². The van der Waals surface area contributed by atoms with Crippen molar-refractivity contribution in [3.63, 3.8) is 0 Å². The smallest absolute Gasteiger partial charge is 0.338 e. The zero-order valence-corrected chi connectivity index (χ0v) is 12.1. The van der Waals surface area contributed by atoms with Crippen LogP contribution >= 0.6 is 0 Å². The fraction of sp³-hybridized carbons (Fsp3) is 0.533. The van der Waals surface area contributed by atoms with E-state index in [0.29, 0.717) is 18.3 Å². The van der Waals surface area contributed by atoms with Gasteiger partial charge in [0, 0.05) is 18.7 Å². The largest absolute Gasteiger partial charge is 0.459 e. The van der Waals surface area contributed by atoms with E-state index in [0.717, 1.165) is 25.7 Å². The summed E-state index contributed by atoms with van der Waals surface area (Å²) in [6, 6.07) is 4.69. The van der Waals surface area contributed by atoms with Crippen molar-refractivity contribution in [1.29, 1.82) is 0 Å². The summed E-state index contributed by atoms with van der Waals surface area (Å²) in [6.07, 6.45) is 3.81. The molecule has 2 fully saturated rings. The number of rotatable bonds is 6. The summed E-state index contributed by atoms with van der Waals surface area (Å²) in [5, 5.41) is 14.3. The molecular formula is C15H18N2O5. The average molecular weight is 306 g/mol. The Morgan fingerprint density at radius 1 is 1.41 bits per heavy atom. The van der Waals surface area contributed by atoms with Crippen LogP contribution in [0.1, 0.15) is 36.0 Å². The van der Waals surface area contributed by atoms with E-state index < -0.39 is 10.9 Å².